The van der Waals surface area contributed by atoms with Crippen molar-refractivity contribution in [2.45, 2.75) is 0 Å². The Morgan fingerprint density at radius 2 is 1.72 bits per heavy atom. The normalized spacial score (nSPS) is 10.3. The number of hydrogen-bond acceptors (Lipinski definition) is 5. The van der Waals surface area contributed by atoms with Crippen LogP contribution in [0, 0.1) is 0 Å². The molecule has 1 heterocycles. The van der Waals surface area contributed by atoms with Crippen molar-refractivity contribution in [3.05, 3.63) is 66.7 Å². The number of nitrogens with one attached hydrogen (secondary N) is 1. The maximum atomic E-state index is 12.2. The van der Waals surface area contributed by atoms with Gasteiger partial charge in [-0.15, -0.1) is 10.2 Å². The highest BCUT2D eigenvalue weighted by molar-refractivity contribution is 5.94. The van der Waals surface area contributed by atoms with Crippen molar-refractivity contribution in [3.8, 4) is 17.2 Å². The predicted molar refractivity (Wildman–Crippen MR) is 92.2 cm³/mol. The van der Waals surface area contributed by atoms with Crippen LogP contribution in [0.15, 0.2) is 61.2 Å². The van der Waals surface area contributed by atoms with E-state index < -0.39 is 0 Å². The molecule has 0 fully saturated rings. The van der Waals surface area contributed by atoms with Crippen LogP contribution in [0.25, 0.3) is 5.69 Å². The van der Waals surface area contributed by atoms with Crippen molar-refractivity contribution in [2.24, 2.45) is 0 Å². The number of carbonyl (C=O) groups excluding carboxylic acids is 1. The van der Waals surface area contributed by atoms with Crippen LogP contribution in [0.3, 0.4) is 0 Å². The van der Waals surface area contributed by atoms with E-state index in [0.29, 0.717) is 30.2 Å². The van der Waals surface area contributed by atoms with Crippen molar-refractivity contribution in [1.82, 2.24) is 20.1 Å². The van der Waals surface area contributed by atoms with E-state index in [1.54, 1.807) is 36.5 Å². The van der Waals surface area contributed by atoms with Crippen molar-refractivity contribution in [3.63, 3.8) is 0 Å². The van der Waals surface area contributed by atoms with Gasteiger partial charge in [-0.05, 0) is 36.4 Å². The van der Waals surface area contributed by atoms with Gasteiger partial charge in [0.2, 0.25) is 0 Å². The van der Waals surface area contributed by atoms with E-state index in [-0.39, 0.29) is 5.91 Å². The first kappa shape index (κ1) is 16.5. The van der Waals surface area contributed by atoms with Crippen molar-refractivity contribution in [2.75, 3.05) is 20.3 Å². The zero-order valence-electron chi connectivity index (χ0n) is 13.8. The van der Waals surface area contributed by atoms with E-state index >= 15 is 0 Å². The first-order chi connectivity index (χ1) is 12.3. The van der Waals surface area contributed by atoms with E-state index in [4.69, 9.17) is 9.47 Å². The third-order valence-corrected chi connectivity index (χ3v) is 3.56. The lowest BCUT2D eigenvalue weighted by molar-refractivity contribution is 0.0947. The molecule has 0 saturated heterocycles. The maximum Gasteiger partial charge on any atom is 0.251 e. The molecule has 7 nitrogen and oxygen atoms in total. The quantitative estimate of drug-likeness (QED) is 0.667. The molecule has 2 aromatic carbocycles. The maximum absolute atomic E-state index is 12.2. The summed E-state index contributed by atoms with van der Waals surface area (Å²) < 4.78 is 12.6. The van der Waals surface area contributed by atoms with Gasteiger partial charge in [0.05, 0.1) is 13.7 Å². The smallest absolute Gasteiger partial charge is 0.251 e. The summed E-state index contributed by atoms with van der Waals surface area (Å²) in [4.78, 5) is 12.2. The molecule has 3 aromatic rings. The molecule has 3 rings (SSSR count). The summed E-state index contributed by atoms with van der Waals surface area (Å²) in [6.45, 7) is 0.745. The van der Waals surface area contributed by atoms with Gasteiger partial charge in [0.25, 0.3) is 5.91 Å². The van der Waals surface area contributed by atoms with Crippen LogP contribution in [-0.2, 0) is 0 Å². The highest BCUT2D eigenvalue weighted by Gasteiger charge is 2.06. The second-order valence-electron chi connectivity index (χ2n) is 5.17. The number of ether oxygens (including phenoxy) is 2. The van der Waals surface area contributed by atoms with Gasteiger partial charge in [-0.25, -0.2) is 0 Å². The number of amides is 1. The summed E-state index contributed by atoms with van der Waals surface area (Å²) in [5.41, 5.74) is 1.47. The lowest BCUT2D eigenvalue weighted by Crippen LogP contribution is -2.28. The summed E-state index contributed by atoms with van der Waals surface area (Å²) >= 11 is 0. The van der Waals surface area contributed by atoms with Gasteiger partial charge in [-0.3, -0.25) is 9.36 Å². The molecular weight excluding hydrogens is 320 g/mol. The van der Waals surface area contributed by atoms with Crippen LogP contribution >= 0.6 is 0 Å². The Kier molecular flexibility index (Phi) is 5.26. The number of aromatic nitrogens is 3. The molecular formula is C18H18N4O3. The Morgan fingerprint density at radius 1 is 1.04 bits per heavy atom. The first-order valence-corrected chi connectivity index (χ1v) is 7.77. The molecule has 0 radical (unpaired) electrons. The monoisotopic (exact) mass is 338 g/mol. The van der Waals surface area contributed by atoms with E-state index in [2.05, 4.69) is 15.5 Å². The number of nitrogens with zero attached hydrogens (tertiary/aromatic N) is 3. The Hall–Kier alpha value is -3.35. The van der Waals surface area contributed by atoms with Crippen LogP contribution in [0.2, 0.25) is 0 Å². The molecule has 0 spiro atoms. The molecule has 0 aliphatic heterocycles. The number of hydrogen-bond donors (Lipinski definition) is 1. The largest absolute Gasteiger partial charge is 0.493 e. The van der Waals surface area contributed by atoms with Crippen LogP contribution in [0.1, 0.15) is 10.4 Å². The van der Waals surface area contributed by atoms with Crippen molar-refractivity contribution >= 4 is 5.91 Å². The highest BCUT2D eigenvalue weighted by atomic mass is 16.5. The molecule has 0 aliphatic rings. The number of para-hydroxylation sites is 2. The summed E-state index contributed by atoms with van der Waals surface area (Å²) in [6, 6.07) is 14.6. The molecule has 0 bridgehead atoms. The fourth-order valence-corrected chi connectivity index (χ4v) is 2.28. The summed E-state index contributed by atoms with van der Waals surface area (Å²) in [5.74, 6) is 1.16. The molecule has 0 aliphatic carbocycles. The second-order valence-corrected chi connectivity index (χ2v) is 5.17. The zero-order valence-corrected chi connectivity index (χ0v) is 13.8. The lowest BCUT2D eigenvalue weighted by atomic mass is 10.2. The van der Waals surface area contributed by atoms with E-state index in [9.17, 15) is 4.79 Å². The van der Waals surface area contributed by atoms with E-state index in [1.807, 2.05) is 36.4 Å². The average molecular weight is 338 g/mol. The lowest BCUT2D eigenvalue weighted by Gasteiger charge is -2.11. The fourth-order valence-electron chi connectivity index (χ4n) is 2.28. The number of rotatable bonds is 7. The number of carbonyl (C=O) groups is 1. The van der Waals surface area contributed by atoms with Gasteiger partial charge in [-0.1, -0.05) is 12.1 Å². The molecule has 0 atom stereocenters. The SMILES string of the molecule is COc1ccccc1OCCNC(=O)c1ccc(-n2cnnc2)cc1. The minimum absolute atomic E-state index is 0.154. The second kappa shape index (κ2) is 7.96. The van der Waals surface area contributed by atoms with E-state index in [0.717, 1.165) is 5.69 Å². The van der Waals surface area contributed by atoms with Crippen molar-refractivity contribution in [1.29, 1.82) is 0 Å². The minimum atomic E-state index is -0.154. The Balaban J connectivity index is 1.49. The molecule has 1 aromatic heterocycles. The van der Waals surface area contributed by atoms with Crippen LogP contribution in [-0.4, -0.2) is 40.9 Å². The van der Waals surface area contributed by atoms with Gasteiger partial charge in [-0.2, -0.15) is 0 Å². The zero-order chi connectivity index (χ0) is 17.5. The number of benzene rings is 2. The minimum Gasteiger partial charge on any atom is -0.493 e. The van der Waals surface area contributed by atoms with Crippen molar-refractivity contribution < 1.29 is 14.3 Å². The Morgan fingerprint density at radius 3 is 2.40 bits per heavy atom. The number of methoxy groups -OCH3 is 1. The molecule has 128 valence electrons. The van der Waals surface area contributed by atoms with Gasteiger partial charge in [0.15, 0.2) is 11.5 Å². The van der Waals surface area contributed by atoms with Crippen LogP contribution < -0.4 is 14.8 Å². The van der Waals surface area contributed by atoms with Gasteiger partial charge in [0, 0.05) is 11.3 Å². The van der Waals surface area contributed by atoms with Gasteiger partial charge in [0.1, 0.15) is 19.3 Å². The third-order valence-electron chi connectivity index (χ3n) is 3.56. The molecule has 1 N–H and O–H groups in total. The summed E-state index contributed by atoms with van der Waals surface area (Å²) in [6.07, 6.45) is 3.20. The van der Waals surface area contributed by atoms with Gasteiger partial charge < -0.3 is 14.8 Å². The van der Waals surface area contributed by atoms with Crippen LogP contribution in [0.4, 0.5) is 0 Å². The summed E-state index contributed by atoms with van der Waals surface area (Å²) in [7, 11) is 1.59. The molecule has 25 heavy (non-hydrogen) atoms. The average Bonchev–Trinajstić information content (AvgIpc) is 3.20. The predicted octanol–water partition coefficient (Wildman–Crippen LogP) is 2.08. The topological polar surface area (TPSA) is 78.3 Å². The Labute approximate surface area is 145 Å². The molecule has 7 heteroatoms. The van der Waals surface area contributed by atoms with Gasteiger partial charge >= 0.3 is 0 Å². The van der Waals surface area contributed by atoms with E-state index in [1.165, 1.54) is 0 Å². The molecule has 0 saturated carbocycles. The fraction of sp³-hybridized carbons (Fsp3) is 0.167. The molecule has 0 unspecified atom stereocenters. The summed E-state index contributed by atoms with van der Waals surface area (Å²) in [5, 5.41) is 10.3. The standard InChI is InChI=1S/C18H18N4O3/c1-24-16-4-2-3-5-17(16)25-11-10-19-18(23)14-6-8-15(9-7-14)22-12-20-21-13-22/h2-9,12-13H,10-11H2,1H3,(H,19,23). The Bertz CT molecular complexity index is 817. The van der Waals surface area contributed by atoms with Crippen LogP contribution in [0.5, 0.6) is 11.5 Å². The third kappa shape index (κ3) is 4.14. The first-order valence-electron chi connectivity index (χ1n) is 7.77. The highest BCUT2D eigenvalue weighted by Crippen LogP contribution is 2.25. The molecule has 1 amide bonds.